The molecule has 1 heterocycles. The number of para-hydroxylation sites is 1. The van der Waals surface area contributed by atoms with Crippen LogP contribution >= 0.6 is 17.0 Å². The van der Waals surface area contributed by atoms with Crippen LogP contribution in [-0.2, 0) is 0 Å². The van der Waals surface area contributed by atoms with Gasteiger partial charge in [0.2, 0.25) is 0 Å². The molecule has 0 amide bonds. The van der Waals surface area contributed by atoms with Gasteiger partial charge in [0.15, 0.2) is 6.23 Å². The van der Waals surface area contributed by atoms with Gasteiger partial charge in [-0.1, -0.05) is 18.2 Å². The van der Waals surface area contributed by atoms with Crippen LogP contribution in [0.4, 0.5) is 5.69 Å². The van der Waals surface area contributed by atoms with Gasteiger partial charge in [-0.25, -0.2) is 0 Å². The first-order valence-electron chi connectivity index (χ1n) is 3.50. The number of benzene rings is 1. The van der Waals surface area contributed by atoms with Crippen molar-refractivity contribution >= 4 is 22.7 Å². The maximum absolute atomic E-state index is 9.34. The fourth-order valence-corrected chi connectivity index (χ4v) is 1.29. The molecule has 3 N–H and O–H groups in total. The molecule has 1 aliphatic heterocycles. The Labute approximate surface area is 80.8 Å². The first-order chi connectivity index (χ1) is 5.29. The van der Waals surface area contributed by atoms with E-state index in [1.165, 1.54) is 0 Å². The Kier molecular flexibility index (Phi) is 2.72. The molecule has 0 aromatic heterocycles. The van der Waals surface area contributed by atoms with E-state index in [1.807, 2.05) is 18.2 Å². The molecule has 1 aromatic carbocycles. The first-order valence-corrected chi connectivity index (χ1v) is 3.50. The predicted molar refractivity (Wildman–Crippen MR) is 51.4 cm³/mol. The maximum atomic E-state index is 9.34. The van der Waals surface area contributed by atoms with Gasteiger partial charge < -0.3 is 15.5 Å². The van der Waals surface area contributed by atoms with Crippen LogP contribution in [0, 0.1) is 0 Å². The molecule has 66 valence electrons. The van der Waals surface area contributed by atoms with E-state index in [4.69, 9.17) is 5.11 Å². The van der Waals surface area contributed by atoms with Gasteiger partial charge in [0, 0.05) is 11.3 Å². The highest BCUT2D eigenvalue weighted by Crippen LogP contribution is 2.32. The smallest absolute Gasteiger partial charge is 0.155 e. The minimum Gasteiger partial charge on any atom is -0.384 e. The zero-order chi connectivity index (χ0) is 7.84. The number of halogens is 1. The van der Waals surface area contributed by atoms with Gasteiger partial charge in [-0.2, -0.15) is 0 Å². The first kappa shape index (κ1) is 9.51. The maximum Gasteiger partial charge on any atom is 0.155 e. The number of aliphatic hydroxyl groups excluding tert-OH is 2. The summed E-state index contributed by atoms with van der Waals surface area (Å²) in [6.07, 6.45) is -1.64. The lowest BCUT2D eigenvalue weighted by Crippen LogP contribution is -2.18. The van der Waals surface area contributed by atoms with Crippen LogP contribution in [0.2, 0.25) is 0 Å². The Morgan fingerprint density at radius 1 is 1.17 bits per heavy atom. The second-order valence-corrected chi connectivity index (χ2v) is 2.62. The van der Waals surface area contributed by atoms with E-state index in [1.54, 1.807) is 6.07 Å². The van der Waals surface area contributed by atoms with Crippen LogP contribution < -0.4 is 5.32 Å². The highest BCUT2D eigenvalue weighted by molar-refractivity contribution is 8.93. The monoisotopic (exact) mass is 231 g/mol. The summed E-state index contributed by atoms with van der Waals surface area (Å²) in [5.74, 6) is 0. The summed E-state index contributed by atoms with van der Waals surface area (Å²) in [5, 5.41) is 21.2. The Balaban J connectivity index is 0.000000720. The van der Waals surface area contributed by atoms with Crippen LogP contribution in [-0.4, -0.2) is 16.4 Å². The van der Waals surface area contributed by atoms with E-state index in [9.17, 15) is 5.11 Å². The van der Waals surface area contributed by atoms with E-state index >= 15 is 0 Å². The van der Waals surface area contributed by atoms with E-state index in [0.717, 1.165) is 11.3 Å². The lowest BCUT2D eigenvalue weighted by atomic mass is 10.1. The molecule has 0 aliphatic carbocycles. The number of anilines is 1. The lowest BCUT2D eigenvalue weighted by Gasteiger charge is -2.06. The third kappa shape index (κ3) is 1.33. The molecule has 12 heavy (non-hydrogen) atoms. The van der Waals surface area contributed by atoms with Crippen LogP contribution in [0.3, 0.4) is 0 Å². The zero-order valence-corrected chi connectivity index (χ0v) is 7.98. The summed E-state index contributed by atoms with van der Waals surface area (Å²) in [4.78, 5) is 0. The topological polar surface area (TPSA) is 52.5 Å². The molecule has 2 rings (SSSR count). The Bertz CT molecular complexity index is 280. The summed E-state index contributed by atoms with van der Waals surface area (Å²) in [5.41, 5.74) is 1.58. The van der Waals surface area contributed by atoms with Crippen molar-refractivity contribution in [2.24, 2.45) is 0 Å². The van der Waals surface area contributed by atoms with Crippen LogP contribution in [0.1, 0.15) is 11.7 Å². The third-order valence-electron chi connectivity index (χ3n) is 1.88. The van der Waals surface area contributed by atoms with Gasteiger partial charge in [0.1, 0.15) is 6.10 Å². The van der Waals surface area contributed by atoms with Crippen molar-refractivity contribution in [3.8, 4) is 0 Å². The Hall–Kier alpha value is -0.580. The van der Waals surface area contributed by atoms with E-state index in [0.29, 0.717) is 0 Å². The molecule has 4 heteroatoms. The molecule has 0 spiro atoms. The van der Waals surface area contributed by atoms with Gasteiger partial charge in [0.25, 0.3) is 0 Å². The van der Waals surface area contributed by atoms with Gasteiger partial charge >= 0.3 is 0 Å². The fraction of sp³-hybridized carbons (Fsp3) is 0.250. The van der Waals surface area contributed by atoms with E-state index < -0.39 is 12.3 Å². The Morgan fingerprint density at radius 3 is 2.50 bits per heavy atom. The fourth-order valence-electron chi connectivity index (χ4n) is 1.29. The van der Waals surface area contributed by atoms with Crippen LogP contribution in [0.5, 0.6) is 0 Å². The quantitative estimate of drug-likeness (QED) is 0.626. The number of aliphatic hydroxyl groups is 2. The SMILES string of the molecule is Br.OC1Nc2ccccc2C1O. The summed E-state index contributed by atoms with van der Waals surface area (Å²) < 4.78 is 0. The highest BCUT2D eigenvalue weighted by atomic mass is 79.9. The number of hydrogen-bond donors (Lipinski definition) is 3. The van der Waals surface area contributed by atoms with E-state index in [-0.39, 0.29) is 17.0 Å². The van der Waals surface area contributed by atoms with Crippen molar-refractivity contribution < 1.29 is 10.2 Å². The number of hydrogen-bond acceptors (Lipinski definition) is 3. The molecular formula is C8H10BrNO2. The zero-order valence-electron chi connectivity index (χ0n) is 6.27. The van der Waals surface area contributed by atoms with Crippen LogP contribution in [0.15, 0.2) is 24.3 Å². The summed E-state index contributed by atoms with van der Waals surface area (Å²) in [6, 6.07) is 7.32. The third-order valence-corrected chi connectivity index (χ3v) is 1.88. The molecule has 0 fully saturated rings. The number of rotatable bonds is 0. The molecule has 0 saturated carbocycles. The summed E-state index contributed by atoms with van der Waals surface area (Å²) >= 11 is 0. The largest absolute Gasteiger partial charge is 0.384 e. The molecule has 3 nitrogen and oxygen atoms in total. The minimum absolute atomic E-state index is 0. The second kappa shape index (κ2) is 3.43. The molecule has 1 aromatic rings. The van der Waals surface area contributed by atoms with Crippen molar-refractivity contribution in [2.45, 2.75) is 12.3 Å². The normalized spacial score (nSPS) is 25.5. The molecule has 0 saturated heterocycles. The van der Waals surface area contributed by atoms with Crippen molar-refractivity contribution in [1.29, 1.82) is 0 Å². The summed E-state index contributed by atoms with van der Waals surface area (Å²) in [6.45, 7) is 0. The van der Waals surface area contributed by atoms with Gasteiger partial charge in [-0.3, -0.25) is 0 Å². The van der Waals surface area contributed by atoms with Gasteiger partial charge in [0.05, 0.1) is 0 Å². The van der Waals surface area contributed by atoms with Crippen LogP contribution in [0.25, 0.3) is 0 Å². The molecule has 2 atom stereocenters. The van der Waals surface area contributed by atoms with Crippen molar-refractivity contribution in [2.75, 3.05) is 5.32 Å². The van der Waals surface area contributed by atoms with E-state index in [2.05, 4.69) is 5.32 Å². The van der Waals surface area contributed by atoms with Crippen molar-refractivity contribution in [3.63, 3.8) is 0 Å². The van der Waals surface area contributed by atoms with Gasteiger partial charge in [-0.05, 0) is 6.07 Å². The molecule has 1 aliphatic rings. The second-order valence-electron chi connectivity index (χ2n) is 2.62. The predicted octanol–water partition coefficient (Wildman–Crippen LogP) is 1.04. The highest BCUT2D eigenvalue weighted by Gasteiger charge is 2.27. The summed E-state index contributed by atoms with van der Waals surface area (Å²) in [7, 11) is 0. The standard InChI is InChI=1S/C8H9NO2.BrH/c10-7-5-3-1-2-4-6(5)9-8(7)11;/h1-4,7-11H;1H. The number of fused-ring (bicyclic) bond motifs is 1. The molecule has 0 radical (unpaired) electrons. The number of nitrogens with one attached hydrogen (secondary N) is 1. The Morgan fingerprint density at radius 2 is 1.83 bits per heavy atom. The molecule has 2 unspecified atom stereocenters. The average Bonchev–Trinajstić information content (AvgIpc) is 2.30. The average molecular weight is 232 g/mol. The molecular weight excluding hydrogens is 222 g/mol. The molecule has 0 bridgehead atoms. The van der Waals surface area contributed by atoms with Crippen molar-refractivity contribution in [3.05, 3.63) is 29.8 Å². The van der Waals surface area contributed by atoms with Gasteiger partial charge in [-0.15, -0.1) is 17.0 Å². The minimum atomic E-state index is -0.854. The van der Waals surface area contributed by atoms with Crippen molar-refractivity contribution in [1.82, 2.24) is 0 Å². The lowest BCUT2D eigenvalue weighted by molar-refractivity contribution is 0.0462.